The van der Waals surface area contributed by atoms with Crippen LogP contribution in [-0.2, 0) is 6.42 Å². The highest BCUT2D eigenvalue weighted by Crippen LogP contribution is 2.13. The Morgan fingerprint density at radius 2 is 2.06 bits per heavy atom. The van der Waals surface area contributed by atoms with E-state index in [9.17, 15) is 0 Å². The average molecular weight is 243 g/mol. The summed E-state index contributed by atoms with van der Waals surface area (Å²) in [6, 6.07) is 12.0. The Balaban J connectivity index is 1.86. The molecule has 2 aromatic rings. The van der Waals surface area contributed by atoms with Crippen molar-refractivity contribution >= 4 is 5.82 Å². The first-order chi connectivity index (χ1) is 8.78. The molecule has 0 saturated heterocycles. The van der Waals surface area contributed by atoms with Gasteiger partial charge in [-0.05, 0) is 43.2 Å². The van der Waals surface area contributed by atoms with E-state index in [0.29, 0.717) is 0 Å². The van der Waals surface area contributed by atoms with E-state index in [1.165, 1.54) is 5.56 Å². The van der Waals surface area contributed by atoms with Crippen molar-refractivity contribution in [3.63, 3.8) is 0 Å². The van der Waals surface area contributed by atoms with Crippen LogP contribution in [0.3, 0.4) is 0 Å². The van der Waals surface area contributed by atoms with Crippen molar-refractivity contribution in [2.75, 3.05) is 19.0 Å². The molecular formula is C14H17N3O. The van der Waals surface area contributed by atoms with Crippen LogP contribution >= 0.6 is 0 Å². The Morgan fingerprint density at radius 1 is 1.17 bits per heavy atom. The first-order valence-corrected chi connectivity index (χ1v) is 5.95. The van der Waals surface area contributed by atoms with E-state index in [4.69, 9.17) is 4.74 Å². The molecule has 1 N–H and O–H groups in total. The van der Waals surface area contributed by atoms with Gasteiger partial charge in [-0.3, -0.25) is 0 Å². The number of ether oxygens (including phenoxy) is 1. The molecule has 1 aromatic carbocycles. The zero-order valence-corrected chi connectivity index (χ0v) is 10.7. The number of hydrogen-bond acceptors (Lipinski definition) is 4. The molecule has 0 fully saturated rings. The molecule has 0 radical (unpaired) electrons. The predicted molar refractivity (Wildman–Crippen MR) is 72.0 cm³/mol. The van der Waals surface area contributed by atoms with Gasteiger partial charge in [0.05, 0.1) is 12.8 Å². The Bertz CT molecular complexity index is 497. The zero-order valence-electron chi connectivity index (χ0n) is 10.7. The molecule has 0 aliphatic rings. The SMILES string of the molecule is COc1cccc(CCNc2ccc(C)nn2)c1. The Morgan fingerprint density at radius 3 is 2.78 bits per heavy atom. The first-order valence-electron chi connectivity index (χ1n) is 5.95. The van der Waals surface area contributed by atoms with Crippen molar-refractivity contribution in [1.29, 1.82) is 0 Å². The minimum Gasteiger partial charge on any atom is -0.497 e. The fraction of sp³-hybridized carbons (Fsp3) is 0.286. The van der Waals surface area contributed by atoms with Crippen molar-refractivity contribution in [3.05, 3.63) is 47.7 Å². The summed E-state index contributed by atoms with van der Waals surface area (Å²) < 4.78 is 5.19. The lowest BCUT2D eigenvalue weighted by atomic mass is 10.1. The number of aryl methyl sites for hydroxylation is 1. The van der Waals surface area contributed by atoms with Gasteiger partial charge in [-0.25, -0.2) is 0 Å². The molecule has 0 bridgehead atoms. The van der Waals surface area contributed by atoms with Gasteiger partial charge in [-0.2, -0.15) is 5.10 Å². The summed E-state index contributed by atoms with van der Waals surface area (Å²) in [4.78, 5) is 0. The van der Waals surface area contributed by atoms with Gasteiger partial charge in [0.2, 0.25) is 0 Å². The topological polar surface area (TPSA) is 47.0 Å². The van der Waals surface area contributed by atoms with Crippen LogP contribution in [-0.4, -0.2) is 23.9 Å². The molecule has 2 rings (SSSR count). The summed E-state index contributed by atoms with van der Waals surface area (Å²) >= 11 is 0. The minimum atomic E-state index is 0.809. The van der Waals surface area contributed by atoms with Crippen LogP contribution in [0.4, 0.5) is 5.82 Å². The summed E-state index contributed by atoms with van der Waals surface area (Å²) in [5, 5.41) is 11.3. The lowest BCUT2D eigenvalue weighted by Crippen LogP contribution is -2.07. The van der Waals surface area contributed by atoms with Gasteiger partial charge in [0, 0.05) is 6.54 Å². The lowest BCUT2D eigenvalue weighted by molar-refractivity contribution is 0.414. The van der Waals surface area contributed by atoms with E-state index < -0.39 is 0 Å². The fourth-order valence-electron chi connectivity index (χ4n) is 1.66. The van der Waals surface area contributed by atoms with Gasteiger partial charge in [0.15, 0.2) is 0 Å². The van der Waals surface area contributed by atoms with Crippen LogP contribution in [0.2, 0.25) is 0 Å². The summed E-state index contributed by atoms with van der Waals surface area (Å²) in [7, 11) is 1.68. The van der Waals surface area contributed by atoms with Crippen molar-refractivity contribution in [1.82, 2.24) is 10.2 Å². The van der Waals surface area contributed by atoms with Gasteiger partial charge < -0.3 is 10.1 Å². The molecule has 18 heavy (non-hydrogen) atoms. The maximum absolute atomic E-state index is 5.19. The van der Waals surface area contributed by atoms with Gasteiger partial charge in [-0.1, -0.05) is 12.1 Å². The molecule has 0 saturated carbocycles. The number of benzene rings is 1. The zero-order chi connectivity index (χ0) is 12.8. The lowest BCUT2D eigenvalue weighted by Gasteiger charge is -2.06. The highest BCUT2D eigenvalue weighted by atomic mass is 16.5. The summed E-state index contributed by atoms with van der Waals surface area (Å²) in [6.45, 7) is 2.75. The molecule has 0 aliphatic carbocycles. The Labute approximate surface area is 107 Å². The molecular weight excluding hydrogens is 226 g/mol. The number of anilines is 1. The molecule has 0 unspecified atom stereocenters. The van der Waals surface area contributed by atoms with Crippen LogP contribution in [0.15, 0.2) is 36.4 Å². The summed E-state index contributed by atoms with van der Waals surface area (Å²) in [5.74, 6) is 1.70. The van der Waals surface area contributed by atoms with E-state index >= 15 is 0 Å². The van der Waals surface area contributed by atoms with Crippen molar-refractivity contribution < 1.29 is 4.74 Å². The van der Waals surface area contributed by atoms with E-state index in [-0.39, 0.29) is 0 Å². The maximum atomic E-state index is 5.19. The number of aromatic nitrogens is 2. The third kappa shape index (κ3) is 3.45. The normalized spacial score (nSPS) is 10.1. The molecule has 1 aromatic heterocycles. The molecule has 0 amide bonds. The largest absolute Gasteiger partial charge is 0.497 e. The predicted octanol–water partition coefficient (Wildman–Crippen LogP) is 2.45. The third-order valence-corrected chi connectivity index (χ3v) is 2.65. The number of hydrogen-bond donors (Lipinski definition) is 1. The second kappa shape index (κ2) is 6.00. The van der Waals surface area contributed by atoms with Crippen molar-refractivity contribution in [3.8, 4) is 5.75 Å². The minimum absolute atomic E-state index is 0.809. The number of methoxy groups -OCH3 is 1. The fourth-order valence-corrected chi connectivity index (χ4v) is 1.66. The first kappa shape index (κ1) is 12.4. The summed E-state index contributed by atoms with van der Waals surface area (Å²) in [5.41, 5.74) is 2.16. The van der Waals surface area contributed by atoms with Crippen molar-refractivity contribution in [2.24, 2.45) is 0 Å². The molecule has 4 heteroatoms. The quantitative estimate of drug-likeness (QED) is 0.876. The van der Waals surface area contributed by atoms with Crippen LogP contribution in [0.5, 0.6) is 5.75 Å². The monoisotopic (exact) mass is 243 g/mol. The Kier molecular flexibility index (Phi) is 4.12. The molecule has 94 valence electrons. The smallest absolute Gasteiger partial charge is 0.148 e. The van der Waals surface area contributed by atoms with Gasteiger partial charge in [0.25, 0.3) is 0 Å². The molecule has 0 aliphatic heterocycles. The standard InChI is InChI=1S/C14H17N3O/c1-11-6-7-14(17-16-11)15-9-8-12-4-3-5-13(10-12)18-2/h3-7,10H,8-9H2,1-2H3,(H,15,17). The third-order valence-electron chi connectivity index (χ3n) is 2.65. The highest BCUT2D eigenvalue weighted by molar-refractivity contribution is 5.34. The van der Waals surface area contributed by atoms with E-state index in [0.717, 1.165) is 30.2 Å². The second-order valence-corrected chi connectivity index (χ2v) is 4.09. The maximum Gasteiger partial charge on any atom is 0.148 e. The molecule has 0 atom stereocenters. The van der Waals surface area contributed by atoms with E-state index in [1.807, 2.05) is 37.3 Å². The second-order valence-electron chi connectivity index (χ2n) is 4.09. The average Bonchev–Trinajstić information content (AvgIpc) is 2.41. The molecule has 0 spiro atoms. The summed E-state index contributed by atoms with van der Waals surface area (Å²) in [6.07, 6.45) is 0.923. The van der Waals surface area contributed by atoms with Crippen LogP contribution < -0.4 is 10.1 Å². The van der Waals surface area contributed by atoms with Crippen molar-refractivity contribution in [2.45, 2.75) is 13.3 Å². The van der Waals surface area contributed by atoms with E-state index in [1.54, 1.807) is 7.11 Å². The highest BCUT2D eigenvalue weighted by Gasteiger charge is 1.97. The van der Waals surface area contributed by atoms with E-state index in [2.05, 4.69) is 21.6 Å². The molecule has 4 nitrogen and oxygen atoms in total. The Hall–Kier alpha value is -2.10. The van der Waals surface area contributed by atoms with Gasteiger partial charge in [0.1, 0.15) is 11.6 Å². The van der Waals surface area contributed by atoms with Crippen LogP contribution in [0, 0.1) is 6.92 Å². The van der Waals surface area contributed by atoms with Gasteiger partial charge in [-0.15, -0.1) is 5.10 Å². The number of nitrogens with one attached hydrogen (secondary N) is 1. The van der Waals surface area contributed by atoms with Crippen LogP contribution in [0.1, 0.15) is 11.3 Å². The number of rotatable bonds is 5. The van der Waals surface area contributed by atoms with Crippen LogP contribution in [0.25, 0.3) is 0 Å². The number of nitrogens with zero attached hydrogens (tertiary/aromatic N) is 2. The molecule has 1 heterocycles. The van der Waals surface area contributed by atoms with Gasteiger partial charge >= 0.3 is 0 Å².